The first-order valence-electron chi connectivity index (χ1n) is 4.21. The molecule has 2 nitrogen and oxygen atoms in total. The first kappa shape index (κ1) is 11.3. The molecule has 0 aromatic heterocycles. The van der Waals surface area contributed by atoms with Crippen molar-refractivity contribution < 1.29 is 5.11 Å². The molecular weight excluding hydrogens is 158 g/mol. The van der Waals surface area contributed by atoms with Gasteiger partial charge in [0.05, 0.1) is 6.61 Å². The van der Waals surface area contributed by atoms with Crippen molar-refractivity contribution in [2.24, 2.45) is 0 Å². The Bertz CT molecular complexity index is 80.5. The van der Waals surface area contributed by atoms with Gasteiger partial charge in [-0.05, 0) is 13.5 Å². The Kier molecular flexibility index (Phi) is 8.57. The highest BCUT2D eigenvalue weighted by Gasteiger charge is 2.02. The topological polar surface area (TPSA) is 32.3 Å². The predicted molar refractivity (Wildman–Crippen MR) is 52.2 cm³/mol. The highest BCUT2D eigenvalue weighted by Crippen LogP contribution is 2.05. The minimum absolute atomic E-state index is 0.299. The van der Waals surface area contributed by atoms with E-state index in [1.807, 2.05) is 18.8 Å². The van der Waals surface area contributed by atoms with E-state index in [2.05, 4.69) is 12.2 Å². The lowest BCUT2D eigenvalue weighted by Crippen LogP contribution is -2.27. The van der Waals surface area contributed by atoms with Crippen molar-refractivity contribution in [3.63, 3.8) is 0 Å². The van der Waals surface area contributed by atoms with Crippen LogP contribution in [0.25, 0.3) is 0 Å². The van der Waals surface area contributed by atoms with Crippen molar-refractivity contribution in [3.8, 4) is 0 Å². The van der Waals surface area contributed by atoms with E-state index < -0.39 is 0 Å². The molecule has 1 unspecified atom stereocenters. The van der Waals surface area contributed by atoms with Gasteiger partial charge in [-0.3, -0.25) is 0 Å². The Morgan fingerprint density at radius 2 is 2.27 bits per heavy atom. The molecule has 0 aliphatic heterocycles. The van der Waals surface area contributed by atoms with E-state index in [0.29, 0.717) is 12.6 Å². The van der Waals surface area contributed by atoms with E-state index in [4.69, 9.17) is 5.11 Å². The Labute approximate surface area is 73.8 Å². The lowest BCUT2D eigenvalue weighted by molar-refractivity contribution is 0.322. The molecule has 0 spiro atoms. The van der Waals surface area contributed by atoms with E-state index in [1.165, 1.54) is 12.8 Å². The third-order valence-corrected chi connectivity index (χ3v) is 2.71. The number of nitrogens with one attached hydrogen (secondary N) is 1. The lowest BCUT2D eigenvalue weighted by Gasteiger charge is -2.13. The van der Waals surface area contributed by atoms with Crippen molar-refractivity contribution in [1.82, 2.24) is 5.32 Å². The van der Waals surface area contributed by atoms with Gasteiger partial charge in [-0.1, -0.05) is 13.3 Å². The summed E-state index contributed by atoms with van der Waals surface area (Å²) in [7, 11) is 2.00. The molecule has 2 N–H and O–H groups in total. The Morgan fingerprint density at radius 1 is 1.55 bits per heavy atom. The molecule has 0 rings (SSSR count). The van der Waals surface area contributed by atoms with Gasteiger partial charge in [0.1, 0.15) is 0 Å². The van der Waals surface area contributed by atoms with E-state index in [0.717, 1.165) is 11.5 Å². The number of aliphatic hydroxyl groups is 1. The summed E-state index contributed by atoms with van der Waals surface area (Å²) >= 11 is 1.81. The molecule has 68 valence electrons. The minimum atomic E-state index is 0.299. The average molecular weight is 177 g/mol. The van der Waals surface area contributed by atoms with Crippen LogP contribution >= 0.6 is 11.8 Å². The quantitative estimate of drug-likeness (QED) is 0.571. The first-order chi connectivity index (χ1) is 5.35. The van der Waals surface area contributed by atoms with Gasteiger partial charge < -0.3 is 10.4 Å². The summed E-state index contributed by atoms with van der Waals surface area (Å²) in [6.45, 7) is 2.49. The first-order valence-corrected chi connectivity index (χ1v) is 5.36. The molecule has 1 atom stereocenters. The number of rotatable bonds is 7. The van der Waals surface area contributed by atoms with E-state index in [-0.39, 0.29) is 0 Å². The number of hydrogen-bond acceptors (Lipinski definition) is 3. The predicted octanol–water partition coefficient (Wildman–Crippen LogP) is 1.10. The Hall–Kier alpha value is 0.270. The second-order valence-corrected chi connectivity index (χ2v) is 3.72. The van der Waals surface area contributed by atoms with E-state index >= 15 is 0 Å². The van der Waals surface area contributed by atoms with Gasteiger partial charge in [-0.15, -0.1) is 0 Å². The fourth-order valence-electron chi connectivity index (χ4n) is 0.950. The molecule has 0 radical (unpaired) electrons. The maximum atomic E-state index is 8.54. The zero-order chi connectivity index (χ0) is 8.53. The highest BCUT2D eigenvalue weighted by atomic mass is 32.2. The Balaban J connectivity index is 3.20. The molecule has 0 aromatic carbocycles. The second-order valence-electron chi connectivity index (χ2n) is 2.57. The SMILES string of the molecule is CCCC(CSCCO)NC. The van der Waals surface area contributed by atoms with Gasteiger partial charge in [-0.25, -0.2) is 0 Å². The monoisotopic (exact) mass is 177 g/mol. The molecular formula is C8H19NOS. The smallest absolute Gasteiger partial charge is 0.0521 e. The van der Waals surface area contributed by atoms with Gasteiger partial charge >= 0.3 is 0 Å². The summed E-state index contributed by atoms with van der Waals surface area (Å²) in [5.41, 5.74) is 0. The van der Waals surface area contributed by atoms with Crippen LogP contribution in [-0.2, 0) is 0 Å². The second kappa shape index (κ2) is 8.37. The average Bonchev–Trinajstić information content (AvgIpc) is 2.03. The summed E-state index contributed by atoms with van der Waals surface area (Å²) in [6.07, 6.45) is 2.46. The zero-order valence-electron chi connectivity index (χ0n) is 7.47. The van der Waals surface area contributed by atoms with Crippen LogP contribution in [0.2, 0.25) is 0 Å². The van der Waals surface area contributed by atoms with Crippen molar-refractivity contribution in [2.45, 2.75) is 25.8 Å². The van der Waals surface area contributed by atoms with Crippen molar-refractivity contribution in [3.05, 3.63) is 0 Å². The minimum Gasteiger partial charge on any atom is -0.396 e. The molecule has 0 bridgehead atoms. The molecule has 0 heterocycles. The third-order valence-electron chi connectivity index (χ3n) is 1.60. The van der Waals surface area contributed by atoms with Crippen LogP contribution in [0.5, 0.6) is 0 Å². The zero-order valence-corrected chi connectivity index (χ0v) is 8.28. The van der Waals surface area contributed by atoms with Crippen LogP contribution in [0.3, 0.4) is 0 Å². The maximum Gasteiger partial charge on any atom is 0.0521 e. The maximum absolute atomic E-state index is 8.54. The molecule has 0 saturated heterocycles. The summed E-state index contributed by atoms with van der Waals surface area (Å²) in [6, 6.07) is 0.622. The molecule has 0 fully saturated rings. The van der Waals surface area contributed by atoms with Crippen LogP contribution in [0, 0.1) is 0 Å². The number of thioether (sulfide) groups is 1. The molecule has 0 amide bonds. The number of hydrogen-bond donors (Lipinski definition) is 2. The van der Waals surface area contributed by atoms with Gasteiger partial charge in [0.2, 0.25) is 0 Å². The van der Waals surface area contributed by atoms with Gasteiger partial charge in [-0.2, -0.15) is 11.8 Å². The summed E-state index contributed by atoms with van der Waals surface area (Å²) in [5.74, 6) is 1.98. The van der Waals surface area contributed by atoms with Crippen LogP contribution < -0.4 is 5.32 Å². The van der Waals surface area contributed by atoms with Crippen molar-refractivity contribution >= 4 is 11.8 Å². The van der Waals surface area contributed by atoms with Gasteiger partial charge in [0.25, 0.3) is 0 Å². The summed E-state index contributed by atoms with van der Waals surface area (Å²) in [5, 5.41) is 11.8. The van der Waals surface area contributed by atoms with Crippen LogP contribution in [0.1, 0.15) is 19.8 Å². The lowest BCUT2D eigenvalue weighted by atomic mass is 10.2. The van der Waals surface area contributed by atoms with Crippen LogP contribution in [0.4, 0.5) is 0 Å². The standard InChI is InChI=1S/C8H19NOS/c1-3-4-8(9-2)7-11-6-5-10/h8-10H,3-7H2,1-2H3. The van der Waals surface area contributed by atoms with Crippen LogP contribution in [-0.4, -0.2) is 36.3 Å². The van der Waals surface area contributed by atoms with Crippen LogP contribution in [0.15, 0.2) is 0 Å². The van der Waals surface area contributed by atoms with Gasteiger partial charge in [0.15, 0.2) is 0 Å². The molecule has 0 saturated carbocycles. The normalized spacial score (nSPS) is 13.4. The molecule has 0 aliphatic carbocycles. The summed E-state index contributed by atoms with van der Waals surface area (Å²) < 4.78 is 0. The van der Waals surface area contributed by atoms with Crippen molar-refractivity contribution in [2.75, 3.05) is 25.2 Å². The van der Waals surface area contributed by atoms with Gasteiger partial charge in [0, 0.05) is 17.5 Å². The largest absolute Gasteiger partial charge is 0.396 e. The fraction of sp³-hybridized carbons (Fsp3) is 1.00. The molecule has 3 heteroatoms. The van der Waals surface area contributed by atoms with Crippen molar-refractivity contribution in [1.29, 1.82) is 0 Å². The van der Waals surface area contributed by atoms with E-state index in [9.17, 15) is 0 Å². The highest BCUT2D eigenvalue weighted by molar-refractivity contribution is 7.99. The number of aliphatic hydroxyl groups excluding tert-OH is 1. The fourth-order valence-corrected chi connectivity index (χ4v) is 1.86. The molecule has 0 aromatic rings. The molecule has 0 aliphatic rings. The summed E-state index contributed by atoms with van der Waals surface area (Å²) in [4.78, 5) is 0. The van der Waals surface area contributed by atoms with E-state index in [1.54, 1.807) is 0 Å². The Morgan fingerprint density at radius 3 is 2.73 bits per heavy atom. The molecule has 11 heavy (non-hydrogen) atoms. The third kappa shape index (κ3) is 6.66.